The van der Waals surface area contributed by atoms with Gasteiger partial charge in [0.1, 0.15) is 5.75 Å². The number of rotatable bonds is 5. The van der Waals surface area contributed by atoms with Crippen LogP contribution in [0.5, 0.6) is 5.75 Å². The molecule has 0 atom stereocenters. The zero-order valence-electron chi connectivity index (χ0n) is 11.1. The molecule has 0 saturated carbocycles. The fourth-order valence-electron chi connectivity index (χ4n) is 2.01. The summed E-state index contributed by atoms with van der Waals surface area (Å²) in [5, 5.41) is 16.7. The second-order valence-electron chi connectivity index (χ2n) is 4.16. The van der Waals surface area contributed by atoms with Crippen LogP contribution in [0, 0.1) is 0 Å². The average Bonchev–Trinajstić information content (AvgIpc) is 2.82. The van der Waals surface area contributed by atoms with Crippen molar-refractivity contribution in [1.82, 2.24) is 15.0 Å². The number of nitrogens with zero attached hydrogens (tertiary/aromatic N) is 3. The number of aromatic carboxylic acids is 1. The highest BCUT2D eigenvalue weighted by Gasteiger charge is 2.18. The molecule has 2 rings (SSSR count). The summed E-state index contributed by atoms with van der Waals surface area (Å²) in [6, 6.07) is 5.65. The molecule has 20 heavy (non-hydrogen) atoms. The highest BCUT2D eigenvalue weighted by molar-refractivity contribution is 9.10. The number of hydrogen-bond donors (Lipinski definition) is 1. The molecule has 1 aromatic carbocycles. The van der Waals surface area contributed by atoms with Crippen LogP contribution in [0.1, 0.15) is 28.7 Å². The predicted molar refractivity (Wildman–Crippen MR) is 76.2 cm³/mol. The smallest absolute Gasteiger partial charge is 0.358 e. The van der Waals surface area contributed by atoms with E-state index >= 15 is 0 Å². The molecule has 0 saturated heterocycles. The lowest BCUT2D eigenvalue weighted by molar-refractivity contribution is 0.0689. The monoisotopic (exact) mass is 339 g/mol. The maximum absolute atomic E-state index is 11.1. The molecular weight excluding hydrogens is 326 g/mol. The second-order valence-corrected chi connectivity index (χ2v) is 5.07. The molecular formula is C13H14BrN3O3. The van der Waals surface area contributed by atoms with E-state index in [1.54, 1.807) is 11.8 Å². The van der Waals surface area contributed by atoms with Gasteiger partial charge in [-0.1, -0.05) is 28.1 Å². The molecule has 0 bridgehead atoms. The summed E-state index contributed by atoms with van der Waals surface area (Å²) in [6.07, 6.45) is 0.547. The quantitative estimate of drug-likeness (QED) is 0.904. The van der Waals surface area contributed by atoms with Crippen molar-refractivity contribution >= 4 is 21.9 Å². The van der Waals surface area contributed by atoms with E-state index in [4.69, 9.17) is 9.84 Å². The number of methoxy groups -OCH3 is 1. The molecule has 0 aliphatic heterocycles. The van der Waals surface area contributed by atoms with E-state index in [1.165, 1.54) is 0 Å². The lowest BCUT2D eigenvalue weighted by atomic mass is 10.2. The van der Waals surface area contributed by atoms with E-state index in [2.05, 4.69) is 26.2 Å². The van der Waals surface area contributed by atoms with E-state index in [-0.39, 0.29) is 5.69 Å². The molecule has 6 nitrogen and oxygen atoms in total. The molecule has 106 valence electrons. The van der Waals surface area contributed by atoms with Crippen LogP contribution in [-0.2, 0) is 13.0 Å². The molecule has 0 spiro atoms. The SMILES string of the molecule is CCc1c(C(=O)O)nnn1Cc1cc(Br)ccc1OC. The predicted octanol–water partition coefficient (Wildman–Crippen LogP) is 2.36. The van der Waals surface area contributed by atoms with Crippen LogP contribution < -0.4 is 4.74 Å². The number of benzene rings is 1. The maximum atomic E-state index is 11.1. The molecule has 0 fully saturated rings. The van der Waals surface area contributed by atoms with Crippen LogP contribution in [0.3, 0.4) is 0 Å². The van der Waals surface area contributed by atoms with Crippen molar-refractivity contribution in [2.24, 2.45) is 0 Å². The van der Waals surface area contributed by atoms with Gasteiger partial charge in [-0.05, 0) is 24.6 Å². The average molecular weight is 340 g/mol. The summed E-state index contributed by atoms with van der Waals surface area (Å²) in [6.45, 7) is 2.28. The van der Waals surface area contributed by atoms with Gasteiger partial charge in [0.15, 0.2) is 5.69 Å². The largest absolute Gasteiger partial charge is 0.496 e. The third-order valence-corrected chi connectivity index (χ3v) is 3.43. The molecule has 1 heterocycles. The summed E-state index contributed by atoms with van der Waals surface area (Å²) in [7, 11) is 1.59. The first-order chi connectivity index (χ1) is 9.56. The minimum absolute atomic E-state index is 0.00136. The van der Waals surface area contributed by atoms with Gasteiger partial charge in [-0.15, -0.1) is 5.10 Å². The third kappa shape index (κ3) is 2.82. The minimum atomic E-state index is -1.06. The van der Waals surface area contributed by atoms with Crippen molar-refractivity contribution in [1.29, 1.82) is 0 Å². The van der Waals surface area contributed by atoms with Gasteiger partial charge in [-0.2, -0.15) is 0 Å². The maximum Gasteiger partial charge on any atom is 0.358 e. The fourth-order valence-corrected chi connectivity index (χ4v) is 2.42. The Morgan fingerprint density at radius 2 is 2.25 bits per heavy atom. The summed E-state index contributed by atoms with van der Waals surface area (Å²) in [5.41, 5.74) is 1.50. The first kappa shape index (κ1) is 14.5. The molecule has 0 amide bonds. The van der Waals surface area contributed by atoms with Gasteiger partial charge in [0.05, 0.1) is 19.3 Å². The summed E-state index contributed by atoms with van der Waals surface area (Å²) in [4.78, 5) is 11.1. The molecule has 0 aliphatic rings. The zero-order chi connectivity index (χ0) is 14.7. The van der Waals surface area contributed by atoms with Crippen molar-refractivity contribution in [2.45, 2.75) is 19.9 Å². The number of hydrogen-bond acceptors (Lipinski definition) is 4. The Labute approximate surface area is 124 Å². The molecule has 1 aromatic heterocycles. The number of carboxylic acid groups (broad SMARTS) is 1. The zero-order valence-corrected chi connectivity index (χ0v) is 12.7. The Morgan fingerprint density at radius 3 is 2.85 bits per heavy atom. The highest BCUT2D eigenvalue weighted by Crippen LogP contribution is 2.24. The topological polar surface area (TPSA) is 77.2 Å². The Bertz CT molecular complexity index is 640. The van der Waals surface area contributed by atoms with Crippen LogP contribution in [0.2, 0.25) is 0 Å². The third-order valence-electron chi connectivity index (χ3n) is 2.94. The Balaban J connectivity index is 2.40. The van der Waals surface area contributed by atoms with Gasteiger partial charge < -0.3 is 9.84 Å². The summed E-state index contributed by atoms with van der Waals surface area (Å²) in [5.74, 6) is -0.336. The number of aromatic nitrogens is 3. The number of ether oxygens (including phenoxy) is 1. The fraction of sp³-hybridized carbons (Fsp3) is 0.308. The van der Waals surface area contributed by atoms with E-state index in [1.807, 2.05) is 25.1 Å². The Morgan fingerprint density at radius 1 is 1.50 bits per heavy atom. The lowest BCUT2D eigenvalue weighted by Crippen LogP contribution is -2.09. The van der Waals surface area contributed by atoms with E-state index in [0.717, 1.165) is 15.8 Å². The number of halogens is 1. The van der Waals surface area contributed by atoms with Crippen molar-refractivity contribution in [2.75, 3.05) is 7.11 Å². The van der Waals surface area contributed by atoms with E-state index in [0.29, 0.717) is 18.7 Å². The molecule has 0 aliphatic carbocycles. The van der Waals surface area contributed by atoms with Crippen LogP contribution in [0.25, 0.3) is 0 Å². The van der Waals surface area contributed by atoms with Gasteiger partial charge in [-0.25, -0.2) is 9.48 Å². The van der Waals surface area contributed by atoms with Crippen LogP contribution in [-0.4, -0.2) is 33.2 Å². The normalized spacial score (nSPS) is 10.6. The van der Waals surface area contributed by atoms with Crippen LogP contribution in [0.15, 0.2) is 22.7 Å². The van der Waals surface area contributed by atoms with Crippen molar-refractivity contribution in [3.8, 4) is 5.75 Å². The van der Waals surface area contributed by atoms with E-state index < -0.39 is 5.97 Å². The molecule has 1 N–H and O–H groups in total. The van der Waals surface area contributed by atoms with Crippen molar-refractivity contribution in [3.63, 3.8) is 0 Å². The number of carboxylic acids is 1. The highest BCUT2D eigenvalue weighted by atomic mass is 79.9. The summed E-state index contributed by atoms with van der Waals surface area (Å²) >= 11 is 3.41. The first-order valence-corrected chi connectivity index (χ1v) is 6.84. The van der Waals surface area contributed by atoms with E-state index in [9.17, 15) is 4.79 Å². The summed E-state index contributed by atoms with van der Waals surface area (Å²) < 4.78 is 7.81. The molecule has 2 aromatic rings. The van der Waals surface area contributed by atoms with Gasteiger partial charge in [-0.3, -0.25) is 0 Å². The van der Waals surface area contributed by atoms with Gasteiger partial charge >= 0.3 is 5.97 Å². The van der Waals surface area contributed by atoms with Crippen molar-refractivity contribution < 1.29 is 14.6 Å². The van der Waals surface area contributed by atoms with Crippen LogP contribution >= 0.6 is 15.9 Å². The standard InChI is InChI=1S/C13H14BrN3O3/c1-3-10-12(13(18)19)15-16-17(10)7-8-6-9(14)4-5-11(8)20-2/h4-6H,3,7H2,1-2H3,(H,18,19). The second kappa shape index (κ2) is 6.04. The molecule has 0 unspecified atom stereocenters. The van der Waals surface area contributed by atoms with Crippen LogP contribution in [0.4, 0.5) is 0 Å². The first-order valence-electron chi connectivity index (χ1n) is 6.04. The molecule has 7 heteroatoms. The van der Waals surface area contributed by atoms with Crippen molar-refractivity contribution in [3.05, 3.63) is 39.6 Å². The van der Waals surface area contributed by atoms with Gasteiger partial charge in [0, 0.05) is 10.0 Å². The Hall–Kier alpha value is -1.89. The Kier molecular flexibility index (Phi) is 4.39. The number of carbonyl (C=O) groups is 1. The molecule has 0 radical (unpaired) electrons. The lowest BCUT2D eigenvalue weighted by Gasteiger charge is -2.10. The van der Waals surface area contributed by atoms with Gasteiger partial charge in [0.2, 0.25) is 0 Å². The minimum Gasteiger partial charge on any atom is -0.496 e. The van der Waals surface area contributed by atoms with Gasteiger partial charge in [0.25, 0.3) is 0 Å².